The number of hydrogen-bond acceptors (Lipinski definition) is 7. The number of nitrogens with zero attached hydrogens (tertiary/aromatic N) is 4. The Balaban J connectivity index is 1.66. The van der Waals surface area contributed by atoms with Crippen LogP contribution >= 0.6 is 0 Å². The summed E-state index contributed by atoms with van der Waals surface area (Å²) in [7, 11) is 0. The van der Waals surface area contributed by atoms with Gasteiger partial charge in [-0.15, -0.1) is 0 Å². The van der Waals surface area contributed by atoms with Crippen LogP contribution in [0.5, 0.6) is 5.75 Å². The van der Waals surface area contributed by atoms with Crippen molar-refractivity contribution in [3.8, 4) is 5.75 Å². The Labute approximate surface area is 164 Å². The monoisotopic (exact) mass is 404 g/mol. The number of fused-ring (bicyclic) bond motifs is 1. The largest absolute Gasteiger partial charge is 0.454 e. The number of aromatic nitrogens is 4. The highest BCUT2D eigenvalue weighted by atomic mass is 19.3. The van der Waals surface area contributed by atoms with Crippen molar-refractivity contribution in [2.45, 2.75) is 39.9 Å². The number of hydrogen-bond donors (Lipinski definition) is 0. The smallest absolute Gasteiger partial charge is 0.387 e. The topological polar surface area (TPSA) is 95.7 Å². The highest BCUT2D eigenvalue weighted by Crippen LogP contribution is 2.18. The van der Waals surface area contributed by atoms with Crippen LogP contribution in [0.4, 0.5) is 8.78 Å². The predicted octanol–water partition coefficient (Wildman–Crippen LogP) is 2.70. The lowest BCUT2D eigenvalue weighted by atomic mass is 10.1. The molecule has 3 aromatic rings. The molecule has 0 radical (unpaired) electrons. The minimum atomic E-state index is -2.95. The molecule has 8 nitrogen and oxygen atoms in total. The zero-order chi connectivity index (χ0) is 21.1. The molecule has 0 aliphatic rings. The molecule has 0 aliphatic carbocycles. The molecular weight excluding hydrogens is 386 g/mol. The highest BCUT2D eigenvalue weighted by molar-refractivity contribution is 6.00. The van der Waals surface area contributed by atoms with E-state index in [-0.39, 0.29) is 17.7 Å². The third-order valence-corrected chi connectivity index (χ3v) is 4.35. The summed E-state index contributed by atoms with van der Waals surface area (Å²) >= 11 is 0. The van der Waals surface area contributed by atoms with Gasteiger partial charge in [-0.1, -0.05) is 0 Å². The summed E-state index contributed by atoms with van der Waals surface area (Å²) in [6.07, 6.45) is 0.238. The number of halogens is 2. The van der Waals surface area contributed by atoms with Crippen molar-refractivity contribution in [3.63, 3.8) is 0 Å². The van der Waals surface area contributed by atoms with Gasteiger partial charge in [-0.3, -0.25) is 9.59 Å². The van der Waals surface area contributed by atoms with E-state index in [0.717, 1.165) is 0 Å². The van der Waals surface area contributed by atoms with Gasteiger partial charge in [-0.2, -0.15) is 18.9 Å². The minimum Gasteiger partial charge on any atom is -0.454 e. The van der Waals surface area contributed by atoms with E-state index < -0.39 is 24.5 Å². The van der Waals surface area contributed by atoms with E-state index >= 15 is 0 Å². The summed E-state index contributed by atoms with van der Waals surface area (Å²) in [6.45, 7) is 2.04. The molecular formula is C19H18F2N4O4. The van der Waals surface area contributed by atoms with Crippen LogP contribution in [0, 0.1) is 13.8 Å². The van der Waals surface area contributed by atoms with Gasteiger partial charge in [0.2, 0.25) is 5.78 Å². The Kier molecular flexibility index (Phi) is 5.81. The van der Waals surface area contributed by atoms with Crippen LogP contribution in [0.15, 0.2) is 30.6 Å². The van der Waals surface area contributed by atoms with Crippen molar-refractivity contribution in [2.24, 2.45) is 0 Å². The van der Waals surface area contributed by atoms with Crippen molar-refractivity contribution in [2.75, 3.05) is 0 Å². The van der Waals surface area contributed by atoms with Crippen molar-refractivity contribution in [3.05, 3.63) is 53.1 Å². The SMILES string of the molecule is Cc1nc2ncnn2c(C)c1CC(=O)O[C@@H](C)C(=O)c1ccc(OC(F)F)cc1. The normalized spacial score (nSPS) is 12.2. The first-order valence-electron chi connectivity index (χ1n) is 8.70. The average molecular weight is 404 g/mol. The number of aryl methyl sites for hydroxylation is 2. The lowest BCUT2D eigenvalue weighted by Crippen LogP contribution is -2.26. The van der Waals surface area contributed by atoms with Gasteiger partial charge in [0, 0.05) is 22.5 Å². The van der Waals surface area contributed by atoms with Crippen LogP contribution in [-0.4, -0.2) is 44.1 Å². The van der Waals surface area contributed by atoms with Gasteiger partial charge in [0.1, 0.15) is 12.1 Å². The van der Waals surface area contributed by atoms with E-state index in [1.807, 2.05) is 0 Å². The van der Waals surface area contributed by atoms with Crippen LogP contribution in [0.1, 0.15) is 34.2 Å². The van der Waals surface area contributed by atoms with E-state index in [1.165, 1.54) is 42.0 Å². The minimum absolute atomic E-state index is 0.0665. The molecule has 0 unspecified atom stereocenters. The standard InChI is InChI=1S/C19H18F2N4O4/c1-10-15(11(2)25-19(24-10)22-9-23-25)8-16(26)28-12(3)17(27)13-4-6-14(7-5-13)29-18(20)21/h4-7,9,12,18H,8H2,1-3H3/t12-/m0/s1. The third-order valence-electron chi connectivity index (χ3n) is 4.35. The molecule has 0 fully saturated rings. The van der Waals surface area contributed by atoms with Gasteiger partial charge in [0.05, 0.1) is 6.42 Å². The first-order valence-corrected chi connectivity index (χ1v) is 8.70. The van der Waals surface area contributed by atoms with Gasteiger partial charge in [-0.25, -0.2) is 9.50 Å². The van der Waals surface area contributed by atoms with E-state index in [9.17, 15) is 18.4 Å². The van der Waals surface area contributed by atoms with Gasteiger partial charge in [0.15, 0.2) is 6.10 Å². The summed E-state index contributed by atoms with van der Waals surface area (Å²) in [5, 5.41) is 4.06. The first-order chi connectivity index (χ1) is 13.8. The second kappa shape index (κ2) is 8.29. The number of carbonyl (C=O) groups excluding carboxylic acids is 2. The molecule has 2 aromatic heterocycles. The summed E-state index contributed by atoms with van der Waals surface area (Å²) in [5.41, 5.74) is 2.18. The van der Waals surface area contributed by atoms with Crippen LogP contribution in [0.2, 0.25) is 0 Å². The average Bonchev–Trinajstić information content (AvgIpc) is 3.13. The Hall–Kier alpha value is -3.43. The van der Waals surface area contributed by atoms with Crippen molar-refractivity contribution in [1.82, 2.24) is 19.6 Å². The van der Waals surface area contributed by atoms with Crippen molar-refractivity contribution in [1.29, 1.82) is 0 Å². The number of esters is 1. The molecule has 1 aromatic carbocycles. The Morgan fingerprint density at radius 1 is 1.17 bits per heavy atom. The Morgan fingerprint density at radius 3 is 2.52 bits per heavy atom. The molecule has 2 heterocycles. The fourth-order valence-corrected chi connectivity index (χ4v) is 2.88. The molecule has 0 amide bonds. The maximum Gasteiger partial charge on any atom is 0.387 e. The molecule has 0 aliphatic heterocycles. The number of rotatable bonds is 7. The van der Waals surface area contributed by atoms with Crippen LogP contribution in [0.25, 0.3) is 5.78 Å². The van der Waals surface area contributed by atoms with Gasteiger partial charge >= 0.3 is 12.6 Å². The number of benzene rings is 1. The number of ether oxygens (including phenoxy) is 2. The van der Waals surface area contributed by atoms with Crippen LogP contribution in [0.3, 0.4) is 0 Å². The number of ketones is 1. The molecule has 152 valence electrons. The third kappa shape index (κ3) is 4.53. The fraction of sp³-hybridized carbons (Fsp3) is 0.316. The van der Waals surface area contributed by atoms with Crippen molar-refractivity contribution < 1.29 is 27.8 Å². The molecule has 0 saturated heterocycles. The number of Topliss-reactive ketones (excluding diaryl/α,β-unsaturated/α-hetero) is 1. The molecule has 1 atom stereocenters. The quantitative estimate of drug-likeness (QED) is 0.441. The maximum absolute atomic E-state index is 12.4. The lowest BCUT2D eigenvalue weighted by Gasteiger charge is -2.14. The van der Waals surface area contributed by atoms with Gasteiger partial charge in [0.25, 0.3) is 5.78 Å². The molecule has 0 saturated carbocycles. The summed E-state index contributed by atoms with van der Waals surface area (Å²) in [4.78, 5) is 33.1. The zero-order valence-corrected chi connectivity index (χ0v) is 15.9. The number of carbonyl (C=O) groups is 2. The molecule has 3 rings (SSSR count). The molecule has 10 heteroatoms. The number of alkyl halides is 2. The van der Waals surface area contributed by atoms with E-state index in [4.69, 9.17) is 4.74 Å². The molecule has 0 spiro atoms. The van der Waals surface area contributed by atoms with E-state index in [2.05, 4.69) is 19.8 Å². The predicted molar refractivity (Wildman–Crippen MR) is 96.9 cm³/mol. The van der Waals surface area contributed by atoms with E-state index in [1.54, 1.807) is 13.8 Å². The summed E-state index contributed by atoms with van der Waals surface area (Å²) < 4.78 is 35.4. The lowest BCUT2D eigenvalue weighted by molar-refractivity contribution is -0.145. The highest BCUT2D eigenvalue weighted by Gasteiger charge is 2.22. The second-order valence-electron chi connectivity index (χ2n) is 6.31. The Bertz CT molecular complexity index is 1050. The van der Waals surface area contributed by atoms with Gasteiger partial charge < -0.3 is 9.47 Å². The second-order valence-corrected chi connectivity index (χ2v) is 6.31. The molecule has 0 bridgehead atoms. The molecule has 0 N–H and O–H groups in total. The first kappa shape index (κ1) is 20.3. The maximum atomic E-state index is 12.4. The fourth-order valence-electron chi connectivity index (χ4n) is 2.88. The zero-order valence-electron chi connectivity index (χ0n) is 15.9. The Morgan fingerprint density at radius 2 is 1.86 bits per heavy atom. The van der Waals surface area contributed by atoms with Crippen molar-refractivity contribution >= 4 is 17.5 Å². The van der Waals surface area contributed by atoms with E-state index in [0.29, 0.717) is 22.7 Å². The van der Waals surface area contributed by atoms with Crippen LogP contribution in [-0.2, 0) is 16.0 Å². The van der Waals surface area contributed by atoms with Crippen LogP contribution < -0.4 is 4.74 Å². The molecule has 29 heavy (non-hydrogen) atoms. The summed E-state index contributed by atoms with van der Waals surface area (Å²) in [5.74, 6) is -0.695. The summed E-state index contributed by atoms with van der Waals surface area (Å²) in [6, 6.07) is 5.17. The van der Waals surface area contributed by atoms with Gasteiger partial charge in [-0.05, 0) is 45.0 Å².